The van der Waals surface area contributed by atoms with Gasteiger partial charge in [0.2, 0.25) is 0 Å². The number of hydrogen-bond acceptors (Lipinski definition) is 3. The maximum atomic E-state index is 12.6. The summed E-state index contributed by atoms with van der Waals surface area (Å²) in [6.45, 7) is 0.766. The molecule has 0 radical (unpaired) electrons. The van der Waals surface area contributed by atoms with Crippen LogP contribution >= 0.6 is 11.8 Å². The number of nitrogens with one attached hydrogen (secondary N) is 1. The van der Waals surface area contributed by atoms with Crippen LogP contribution in [0.15, 0.2) is 29.2 Å². The maximum Gasteiger partial charge on any atom is 0.288 e. The van der Waals surface area contributed by atoms with Crippen LogP contribution in [0.5, 0.6) is 0 Å². The molecule has 20 heavy (non-hydrogen) atoms. The first-order chi connectivity index (χ1) is 9.67. The molecule has 1 aliphatic heterocycles. The normalized spacial score (nSPS) is 24.6. The molecule has 1 aliphatic carbocycles. The van der Waals surface area contributed by atoms with Crippen molar-refractivity contribution in [3.63, 3.8) is 0 Å². The van der Waals surface area contributed by atoms with Crippen LogP contribution in [0.1, 0.15) is 32.1 Å². The lowest BCUT2D eigenvalue weighted by atomic mass is 9.74. The van der Waals surface area contributed by atoms with Crippen molar-refractivity contribution in [3.8, 4) is 0 Å². The molecule has 2 aliphatic rings. The summed E-state index contributed by atoms with van der Waals surface area (Å²) in [4.78, 5) is 0.622. The third-order valence-corrected chi connectivity index (χ3v) is 5.01. The van der Waals surface area contributed by atoms with E-state index in [0.717, 1.165) is 38.0 Å². The zero-order valence-electron chi connectivity index (χ0n) is 11.3. The molecule has 1 saturated heterocycles. The Morgan fingerprint density at radius 1 is 1.30 bits per heavy atom. The fraction of sp³-hybridized carbons (Fsp3) is 0.600. The number of para-hydroxylation sites is 1. The van der Waals surface area contributed by atoms with Crippen molar-refractivity contribution in [3.05, 3.63) is 24.3 Å². The molecule has 1 saturated carbocycles. The van der Waals surface area contributed by atoms with E-state index < -0.39 is 5.76 Å². The van der Waals surface area contributed by atoms with E-state index in [1.54, 1.807) is 12.1 Å². The summed E-state index contributed by atoms with van der Waals surface area (Å²) in [5, 5.41) is 3.44. The second-order valence-electron chi connectivity index (χ2n) is 5.59. The van der Waals surface area contributed by atoms with Gasteiger partial charge in [0.25, 0.3) is 5.76 Å². The van der Waals surface area contributed by atoms with Crippen molar-refractivity contribution in [2.24, 2.45) is 0 Å². The number of anilines is 1. The van der Waals surface area contributed by atoms with E-state index in [2.05, 4.69) is 5.32 Å². The molecule has 0 bridgehead atoms. The van der Waals surface area contributed by atoms with E-state index in [1.807, 2.05) is 12.1 Å². The Balaban J connectivity index is 1.67. The monoisotopic (exact) mass is 299 g/mol. The molecule has 2 fully saturated rings. The average Bonchev–Trinajstić information content (AvgIpc) is 2.39. The number of alkyl halides is 2. The summed E-state index contributed by atoms with van der Waals surface area (Å²) in [6, 6.07) is 7.64. The minimum Gasteiger partial charge on any atom is -0.381 e. The van der Waals surface area contributed by atoms with Crippen LogP contribution in [0.2, 0.25) is 0 Å². The molecule has 1 aromatic carbocycles. The van der Waals surface area contributed by atoms with Gasteiger partial charge in [0, 0.05) is 23.2 Å². The minimum atomic E-state index is -2.38. The van der Waals surface area contributed by atoms with Crippen LogP contribution < -0.4 is 5.32 Å². The first-order valence-corrected chi connectivity index (χ1v) is 7.99. The smallest absolute Gasteiger partial charge is 0.288 e. The maximum absolute atomic E-state index is 12.6. The Morgan fingerprint density at radius 3 is 2.80 bits per heavy atom. The minimum absolute atomic E-state index is 0.0702. The van der Waals surface area contributed by atoms with Crippen LogP contribution in [0.4, 0.5) is 14.5 Å². The number of halogens is 2. The molecule has 0 amide bonds. The lowest BCUT2D eigenvalue weighted by Gasteiger charge is -2.47. The van der Waals surface area contributed by atoms with Gasteiger partial charge >= 0.3 is 0 Å². The Hall–Kier alpha value is -0.810. The van der Waals surface area contributed by atoms with Crippen molar-refractivity contribution >= 4 is 17.4 Å². The van der Waals surface area contributed by atoms with E-state index in [9.17, 15) is 8.78 Å². The van der Waals surface area contributed by atoms with Crippen molar-refractivity contribution in [1.29, 1.82) is 0 Å². The fourth-order valence-corrected chi connectivity index (χ4v) is 3.68. The van der Waals surface area contributed by atoms with E-state index in [-0.39, 0.29) is 5.60 Å². The van der Waals surface area contributed by atoms with Gasteiger partial charge in [0.1, 0.15) is 0 Å². The second-order valence-corrected chi connectivity index (χ2v) is 6.63. The van der Waals surface area contributed by atoms with Crippen LogP contribution in [0.3, 0.4) is 0 Å². The largest absolute Gasteiger partial charge is 0.381 e. The summed E-state index contributed by atoms with van der Waals surface area (Å²) >= 11 is 0.606. The number of ether oxygens (including phenoxy) is 1. The highest BCUT2D eigenvalue weighted by Crippen LogP contribution is 2.43. The molecule has 1 N–H and O–H groups in total. The Morgan fingerprint density at radius 2 is 2.10 bits per heavy atom. The van der Waals surface area contributed by atoms with Gasteiger partial charge in [0.05, 0.1) is 5.60 Å². The van der Waals surface area contributed by atoms with E-state index in [1.165, 1.54) is 6.42 Å². The van der Waals surface area contributed by atoms with Gasteiger partial charge < -0.3 is 10.1 Å². The first-order valence-electron chi connectivity index (χ1n) is 7.11. The molecule has 5 heteroatoms. The highest BCUT2D eigenvalue weighted by Gasteiger charge is 2.42. The SMILES string of the molecule is FC(F)Sc1ccccc1NC1CCOC2(CCC2)C1. The van der Waals surface area contributed by atoms with E-state index in [0.29, 0.717) is 22.7 Å². The molecule has 1 atom stereocenters. The van der Waals surface area contributed by atoms with Crippen LogP contribution in [0.25, 0.3) is 0 Å². The zero-order chi connectivity index (χ0) is 14.0. The first kappa shape index (κ1) is 14.1. The number of benzene rings is 1. The average molecular weight is 299 g/mol. The predicted octanol–water partition coefficient (Wildman–Crippen LogP) is 4.51. The van der Waals surface area contributed by atoms with Crippen molar-refractivity contribution in [2.45, 2.75) is 54.4 Å². The Kier molecular flexibility index (Phi) is 4.17. The Labute approximate surface area is 122 Å². The van der Waals surface area contributed by atoms with Gasteiger partial charge in [0.15, 0.2) is 0 Å². The van der Waals surface area contributed by atoms with Crippen molar-refractivity contribution in [2.75, 3.05) is 11.9 Å². The van der Waals surface area contributed by atoms with Gasteiger partial charge in [-0.2, -0.15) is 8.78 Å². The van der Waals surface area contributed by atoms with E-state index in [4.69, 9.17) is 4.74 Å². The van der Waals surface area contributed by atoms with Gasteiger partial charge in [-0.15, -0.1) is 0 Å². The van der Waals surface area contributed by atoms with Crippen LogP contribution in [-0.4, -0.2) is 24.0 Å². The number of hydrogen-bond donors (Lipinski definition) is 1. The quantitative estimate of drug-likeness (QED) is 0.826. The van der Waals surface area contributed by atoms with E-state index >= 15 is 0 Å². The molecule has 1 unspecified atom stereocenters. The molecule has 110 valence electrons. The van der Waals surface area contributed by atoms with Gasteiger partial charge in [-0.05, 0) is 44.2 Å². The van der Waals surface area contributed by atoms with Crippen molar-refractivity contribution in [1.82, 2.24) is 0 Å². The summed E-state index contributed by atoms with van der Waals surface area (Å²) in [5.74, 6) is -2.38. The summed E-state index contributed by atoms with van der Waals surface area (Å²) in [6.07, 6.45) is 5.44. The summed E-state index contributed by atoms with van der Waals surface area (Å²) < 4.78 is 31.1. The molecule has 0 aromatic heterocycles. The molecule has 1 aromatic rings. The molecule has 1 heterocycles. The zero-order valence-corrected chi connectivity index (χ0v) is 12.1. The fourth-order valence-electron chi connectivity index (χ4n) is 3.08. The number of rotatable bonds is 4. The molecule has 1 spiro atoms. The molecular formula is C15H19F2NOS. The number of thioether (sulfide) groups is 1. The molecular weight excluding hydrogens is 280 g/mol. The van der Waals surface area contributed by atoms with Crippen LogP contribution in [-0.2, 0) is 4.74 Å². The topological polar surface area (TPSA) is 21.3 Å². The van der Waals surface area contributed by atoms with Gasteiger partial charge in [-0.1, -0.05) is 23.9 Å². The third kappa shape index (κ3) is 3.09. The summed E-state index contributed by atoms with van der Waals surface area (Å²) in [7, 11) is 0. The van der Waals surface area contributed by atoms with Gasteiger partial charge in [-0.25, -0.2) is 0 Å². The third-order valence-electron chi connectivity index (χ3n) is 4.22. The molecule has 2 nitrogen and oxygen atoms in total. The lowest BCUT2D eigenvalue weighted by Crippen LogP contribution is -2.49. The standard InChI is InChI=1S/C15H19F2NOS/c16-14(17)20-13-5-2-1-4-12(13)18-11-6-9-19-15(10-11)7-3-8-15/h1-2,4-5,11,14,18H,3,6-10H2. The molecule has 3 rings (SSSR count). The Bertz CT molecular complexity index is 465. The highest BCUT2D eigenvalue weighted by atomic mass is 32.2. The van der Waals surface area contributed by atoms with Gasteiger partial charge in [-0.3, -0.25) is 0 Å². The predicted molar refractivity (Wildman–Crippen MR) is 77.5 cm³/mol. The van der Waals surface area contributed by atoms with Crippen LogP contribution in [0, 0.1) is 0 Å². The highest BCUT2D eigenvalue weighted by molar-refractivity contribution is 7.99. The second kappa shape index (κ2) is 5.90. The van der Waals surface area contributed by atoms with Crippen molar-refractivity contribution < 1.29 is 13.5 Å². The summed E-state index contributed by atoms with van der Waals surface area (Å²) in [5.41, 5.74) is 0.889. The lowest BCUT2D eigenvalue weighted by molar-refractivity contribution is -0.130.